The number of ether oxygens (including phenoxy) is 1. The average molecular weight is 385 g/mol. The molecular weight excluding hydrogens is 374 g/mol. The molecule has 0 aliphatic carbocycles. The number of nitrogens with zero attached hydrogens (tertiary/aromatic N) is 2. The zero-order valence-electron chi connectivity index (χ0n) is 13.2. The number of carbonyl (C=O) groups is 1. The van der Waals surface area contributed by atoms with E-state index in [-0.39, 0.29) is 15.7 Å². The topological polar surface area (TPSA) is 54.5 Å². The fraction of sp³-hybridized carbons (Fsp3) is 0.125. The van der Waals surface area contributed by atoms with Crippen LogP contribution in [-0.4, -0.2) is 24.4 Å². The van der Waals surface area contributed by atoms with Crippen molar-refractivity contribution in [3.05, 3.63) is 48.3 Å². The Morgan fingerprint density at radius 3 is 2.50 bits per heavy atom. The highest BCUT2D eigenvalue weighted by Gasteiger charge is 2.42. The van der Waals surface area contributed by atoms with Crippen molar-refractivity contribution in [1.82, 2.24) is 4.98 Å². The maximum absolute atomic E-state index is 13.4. The minimum Gasteiger partial charge on any atom is -0.497 e. The van der Waals surface area contributed by atoms with Gasteiger partial charge < -0.3 is 4.74 Å². The van der Waals surface area contributed by atoms with Crippen LogP contribution in [0, 0.1) is 5.82 Å². The first-order valence-corrected chi connectivity index (χ1v) is 7.97. The highest BCUT2D eigenvalue weighted by atomic mass is 32.1. The van der Waals surface area contributed by atoms with Crippen molar-refractivity contribution < 1.29 is 27.1 Å². The molecule has 1 N–H and O–H groups in total. The smallest absolute Gasteiger partial charge is 0.493 e. The number of benzene rings is 2. The third kappa shape index (κ3) is 3.69. The molecule has 5 nitrogen and oxygen atoms in total. The van der Waals surface area contributed by atoms with Crippen LogP contribution in [0.4, 0.5) is 33.2 Å². The molecule has 26 heavy (non-hydrogen) atoms. The van der Waals surface area contributed by atoms with Gasteiger partial charge in [0.1, 0.15) is 11.6 Å². The van der Waals surface area contributed by atoms with E-state index < -0.39 is 18.1 Å². The number of alkyl halides is 3. The Morgan fingerprint density at radius 2 is 1.88 bits per heavy atom. The van der Waals surface area contributed by atoms with Crippen molar-refractivity contribution in [2.45, 2.75) is 6.30 Å². The van der Waals surface area contributed by atoms with Gasteiger partial charge in [-0.25, -0.2) is 19.1 Å². The number of rotatable bonds is 3. The number of anilines is 2. The first-order valence-electron chi connectivity index (χ1n) is 7.16. The van der Waals surface area contributed by atoms with Crippen molar-refractivity contribution in [2.75, 3.05) is 17.3 Å². The fourth-order valence-corrected chi connectivity index (χ4v) is 3.09. The predicted octanol–water partition coefficient (Wildman–Crippen LogP) is 5.00. The number of amides is 2. The molecular formula is C16H11F4N3O2S. The quantitative estimate of drug-likeness (QED) is 0.510. The minimum atomic E-state index is -4.96. The molecule has 0 saturated carbocycles. The second-order valence-electron chi connectivity index (χ2n) is 5.06. The van der Waals surface area contributed by atoms with Crippen molar-refractivity contribution >= 4 is 38.4 Å². The Balaban J connectivity index is 1.89. The molecule has 0 bridgehead atoms. The Labute approximate surface area is 148 Å². The second kappa shape index (κ2) is 6.79. The molecule has 0 saturated heterocycles. The lowest BCUT2D eigenvalue weighted by Crippen LogP contribution is -2.45. The molecule has 0 fully saturated rings. The largest absolute Gasteiger partial charge is 0.497 e. The molecule has 0 atom stereocenters. The number of methoxy groups -OCH3 is 1. The summed E-state index contributed by atoms with van der Waals surface area (Å²) >= 11 is 0.872. The van der Waals surface area contributed by atoms with Crippen molar-refractivity contribution in [1.29, 1.82) is 0 Å². The maximum Gasteiger partial charge on any atom is 0.493 e. The zero-order valence-corrected chi connectivity index (χ0v) is 14.0. The van der Waals surface area contributed by atoms with Crippen molar-refractivity contribution in [3.8, 4) is 5.75 Å². The van der Waals surface area contributed by atoms with E-state index >= 15 is 0 Å². The van der Waals surface area contributed by atoms with Gasteiger partial charge >= 0.3 is 12.3 Å². The lowest BCUT2D eigenvalue weighted by molar-refractivity contribution is -0.120. The Morgan fingerprint density at radius 1 is 1.19 bits per heavy atom. The standard InChI is InChI=1S/C16H11F4N3O2S/c1-25-11-5-3-10(4-6-11)23(16(18,19)20)15(24)22-14-21-12-7-2-9(17)8-13(12)26-14/h2-8H,1H3,(H,21,22,24). The summed E-state index contributed by atoms with van der Waals surface area (Å²) in [5.41, 5.74) is -0.0161. The number of hydrogen-bond donors (Lipinski definition) is 1. The summed E-state index contributed by atoms with van der Waals surface area (Å²) in [5.74, 6) is -0.154. The van der Waals surface area contributed by atoms with Gasteiger partial charge in [0.15, 0.2) is 5.13 Å². The molecule has 2 aromatic carbocycles. The van der Waals surface area contributed by atoms with Crippen LogP contribution in [0.1, 0.15) is 0 Å². The first kappa shape index (κ1) is 17.9. The third-order valence-electron chi connectivity index (χ3n) is 3.35. The van der Waals surface area contributed by atoms with Gasteiger partial charge in [-0.3, -0.25) is 5.32 Å². The van der Waals surface area contributed by atoms with Crippen molar-refractivity contribution in [2.24, 2.45) is 0 Å². The van der Waals surface area contributed by atoms with Crippen LogP contribution >= 0.6 is 11.3 Å². The maximum atomic E-state index is 13.4. The van der Waals surface area contributed by atoms with Gasteiger partial charge in [-0.15, -0.1) is 13.2 Å². The van der Waals surface area contributed by atoms with Crippen LogP contribution in [0.25, 0.3) is 10.2 Å². The SMILES string of the molecule is COc1ccc(N(C(=O)Nc2nc3ccc(F)cc3s2)C(F)(F)F)cc1. The Kier molecular flexibility index (Phi) is 4.68. The van der Waals surface area contributed by atoms with E-state index in [0.717, 1.165) is 23.5 Å². The summed E-state index contributed by atoms with van der Waals surface area (Å²) in [4.78, 5) is 15.9. The van der Waals surface area contributed by atoms with Gasteiger partial charge in [0, 0.05) is 0 Å². The van der Waals surface area contributed by atoms with E-state index in [2.05, 4.69) is 10.3 Å². The minimum absolute atomic E-state index is 0.0710. The molecule has 2 amide bonds. The monoisotopic (exact) mass is 385 g/mol. The molecule has 0 aliphatic rings. The molecule has 1 aromatic heterocycles. The average Bonchev–Trinajstić information content (AvgIpc) is 2.95. The lowest BCUT2D eigenvalue weighted by Gasteiger charge is -2.24. The van der Waals surface area contributed by atoms with Gasteiger partial charge in [-0.1, -0.05) is 11.3 Å². The van der Waals surface area contributed by atoms with E-state index in [0.29, 0.717) is 16.0 Å². The van der Waals surface area contributed by atoms with Crippen LogP contribution in [0.15, 0.2) is 42.5 Å². The molecule has 0 radical (unpaired) electrons. The number of hydrogen-bond acceptors (Lipinski definition) is 4. The summed E-state index contributed by atoms with van der Waals surface area (Å²) in [6.45, 7) is 0. The van der Waals surface area contributed by atoms with Gasteiger partial charge in [-0.05, 0) is 42.5 Å². The van der Waals surface area contributed by atoms with Crippen LogP contribution in [0.3, 0.4) is 0 Å². The summed E-state index contributed by atoms with van der Waals surface area (Å²) in [7, 11) is 1.37. The van der Waals surface area contributed by atoms with E-state index in [1.54, 1.807) is 0 Å². The van der Waals surface area contributed by atoms with Crippen LogP contribution in [0.5, 0.6) is 5.75 Å². The number of nitrogens with one attached hydrogen (secondary N) is 1. The Hall–Kier alpha value is -2.88. The molecule has 0 aliphatic heterocycles. The molecule has 136 valence electrons. The number of halogens is 4. The van der Waals surface area contributed by atoms with E-state index in [9.17, 15) is 22.4 Å². The molecule has 10 heteroatoms. The highest BCUT2D eigenvalue weighted by molar-refractivity contribution is 7.22. The summed E-state index contributed by atoms with van der Waals surface area (Å²) in [5, 5.41) is 2.03. The van der Waals surface area contributed by atoms with Crippen LogP contribution < -0.4 is 15.0 Å². The van der Waals surface area contributed by atoms with Gasteiger partial charge in [0.25, 0.3) is 0 Å². The number of aromatic nitrogens is 1. The number of thiazole rings is 1. The normalized spacial score (nSPS) is 11.4. The van der Waals surface area contributed by atoms with Gasteiger partial charge in [-0.2, -0.15) is 0 Å². The fourth-order valence-electron chi connectivity index (χ4n) is 2.21. The summed E-state index contributed by atoms with van der Waals surface area (Å²) < 4.78 is 58.6. The number of urea groups is 1. The van der Waals surface area contributed by atoms with Gasteiger partial charge in [0.05, 0.1) is 23.0 Å². The van der Waals surface area contributed by atoms with E-state index in [1.807, 2.05) is 0 Å². The summed E-state index contributed by atoms with van der Waals surface area (Å²) in [6.07, 6.45) is -4.96. The van der Waals surface area contributed by atoms with Crippen LogP contribution in [-0.2, 0) is 0 Å². The molecule has 1 heterocycles. The summed E-state index contributed by atoms with van der Waals surface area (Å²) in [6, 6.07) is 7.15. The highest BCUT2D eigenvalue weighted by Crippen LogP contribution is 2.32. The third-order valence-corrected chi connectivity index (χ3v) is 4.29. The lowest BCUT2D eigenvalue weighted by atomic mass is 10.3. The van der Waals surface area contributed by atoms with Gasteiger partial charge in [0.2, 0.25) is 0 Å². The van der Waals surface area contributed by atoms with E-state index in [1.165, 1.54) is 37.4 Å². The van der Waals surface area contributed by atoms with E-state index in [4.69, 9.17) is 4.74 Å². The molecule has 0 spiro atoms. The molecule has 3 rings (SSSR count). The second-order valence-corrected chi connectivity index (χ2v) is 6.09. The Bertz CT molecular complexity index is 941. The molecule has 3 aromatic rings. The van der Waals surface area contributed by atoms with Crippen molar-refractivity contribution in [3.63, 3.8) is 0 Å². The number of carbonyl (C=O) groups excluding carboxylic acids is 1. The zero-order chi connectivity index (χ0) is 18.9. The first-order chi connectivity index (χ1) is 12.3. The van der Waals surface area contributed by atoms with Crippen LogP contribution in [0.2, 0.25) is 0 Å². The predicted molar refractivity (Wildman–Crippen MR) is 90.1 cm³/mol. The number of fused-ring (bicyclic) bond motifs is 1. The molecule has 0 unspecified atom stereocenters.